The number of nitrogens with zero attached hydrogens (tertiary/aromatic N) is 2. The summed E-state index contributed by atoms with van der Waals surface area (Å²) in [5.74, 6) is -0.491. The van der Waals surface area contributed by atoms with Crippen molar-refractivity contribution in [1.29, 1.82) is 0 Å². The van der Waals surface area contributed by atoms with Crippen molar-refractivity contribution in [2.75, 3.05) is 13.1 Å². The Morgan fingerprint density at radius 2 is 1.48 bits per heavy atom. The lowest BCUT2D eigenvalue weighted by molar-refractivity contribution is -0.152. The molecule has 0 aromatic heterocycles. The zero-order valence-electron chi connectivity index (χ0n) is 16.7. The molecular weight excluding hydrogens is 364 g/mol. The molecule has 0 N–H and O–H groups in total. The molecule has 4 aliphatic rings. The van der Waals surface area contributed by atoms with E-state index in [1.54, 1.807) is 0 Å². The highest BCUT2D eigenvalue weighted by Gasteiger charge is 2.61. The maximum absolute atomic E-state index is 13.6. The van der Waals surface area contributed by atoms with Gasteiger partial charge in [-0.15, -0.1) is 0 Å². The largest absolute Gasteiger partial charge is 0.341 e. The van der Waals surface area contributed by atoms with E-state index < -0.39 is 6.04 Å². The molecule has 5 nitrogen and oxygen atoms in total. The van der Waals surface area contributed by atoms with Gasteiger partial charge in [0.2, 0.25) is 17.7 Å². The molecule has 5 atom stereocenters. The quantitative estimate of drug-likeness (QED) is 0.585. The second kappa shape index (κ2) is 7.43. The van der Waals surface area contributed by atoms with Crippen LogP contribution >= 0.6 is 0 Å². The summed E-state index contributed by atoms with van der Waals surface area (Å²) in [5.41, 5.74) is 0.986. The van der Waals surface area contributed by atoms with E-state index in [0.717, 1.165) is 50.8 Å². The van der Waals surface area contributed by atoms with Gasteiger partial charge in [0, 0.05) is 19.5 Å². The normalized spacial score (nSPS) is 31.9. The Kier molecular flexibility index (Phi) is 4.76. The molecule has 5 heteroatoms. The fourth-order valence-corrected chi connectivity index (χ4v) is 5.86. The van der Waals surface area contributed by atoms with Gasteiger partial charge in [-0.1, -0.05) is 55.3 Å². The lowest BCUT2D eigenvalue weighted by Gasteiger charge is -2.32. The van der Waals surface area contributed by atoms with Crippen molar-refractivity contribution in [3.63, 3.8) is 0 Å². The summed E-state index contributed by atoms with van der Waals surface area (Å²) in [6, 6.07) is 9.04. The number of benzene rings is 1. The lowest BCUT2D eigenvalue weighted by atomic mass is 9.85. The summed E-state index contributed by atoms with van der Waals surface area (Å²) in [6.45, 7) is 1.44. The number of rotatable bonds is 4. The van der Waals surface area contributed by atoms with Crippen LogP contribution in [-0.4, -0.2) is 46.7 Å². The molecule has 1 aromatic carbocycles. The maximum Gasteiger partial charge on any atom is 0.246 e. The van der Waals surface area contributed by atoms with Crippen molar-refractivity contribution in [2.24, 2.45) is 23.7 Å². The summed E-state index contributed by atoms with van der Waals surface area (Å²) >= 11 is 0. The maximum atomic E-state index is 13.6. The van der Waals surface area contributed by atoms with Gasteiger partial charge in [-0.2, -0.15) is 0 Å². The van der Waals surface area contributed by atoms with E-state index in [-0.39, 0.29) is 41.4 Å². The van der Waals surface area contributed by atoms with E-state index >= 15 is 0 Å². The Morgan fingerprint density at radius 3 is 2.07 bits per heavy atom. The number of hydrogen-bond acceptors (Lipinski definition) is 3. The van der Waals surface area contributed by atoms with Crippen LogP contribution in [0.25, 0.3) is 0 Å². The van der Waals surface area contributed by atoms with Crippen molar-refractivity contribution in [3.05, 3.63) is 48.0 Å². The third kappa shape index (κ3) is 3.11. The standard InChI is InChI=1S/C24H28N2O3/c27-22(25-12-6-1-2-7-13-25)19(14-16-8-4-3-5-9-16)26-23(28)20-17-10-11-18(15-17)21(20)24(26)29/h3-5,8-11,17-21H,1-2,6-7,12-15H2/t17-,18-,19+,20-,21+/m1/s1. The van der Waals surface area contributed by atoms with Crippen molar-refractivity contribution in [1.82, 2.24) is 9.80 Å². The first-order chi connectivity index (χ1) is 14.1. The molecule has 1 aromatic rings. The Labute approximate surface area is 171 Å². The predicted octanol–water partition coefficient (Wildman–Crippen LogP) is 2.81. The number of carbonyl (C=O) groups excluding carboxylic acids is 3. The Hall–Kier alpha value is -2.43. The number of fused-ring (bicyclic) bond motifs is 5. The van der Waals surface area contributed by atoms with Crippen LogP contribution in [-0.2, 0) is 20.8 Å². The number of imide groups is 1. The smallest absolute Gasteiger partial charge is 0.246 e. The fourth-order valence-electron chi connectivity index (χ4n) is 5.86. The molecule has 2 heterocycles. The van der Waals surface area contributed by atoms with Gasteiger partial charge in [0.25, 0.3) is 0 Å². The molecule has 0 spiro atoms. The lowest BCUT2D eigenvalue weighted by Crippen LogP contribution is -2.53. The molecule has 2 saturated heterocycles. The van der Waals surface area contributed by atoms with Gasteiger partial charge < -0.3 is 4.90 Å². The minimum absolute atomic E-state index is 0.0577. The number of amides is 3. The number of carbonyl (C=O) groups is 3. The van der Waals surface area contributed by atoms with Crippen LogP contribution in [0.3, 0.4) is 0 Å². The van der Waals surface area contributed by atoms with E-state index in [1.807, 2.05) is 35.2 Å². The molecule has 0 unspecified atom stereocenters. The summed E-state index contributed by atoms with van der Waals surface area (Å²) < 4.78 is 0. The van der Waals surface area contributed by atoms with E-state index in [2.05, 4.69) is 12.2 Å². The summed E-state index contributed by atoms with van der Waals surface area (Å²) in [6.07, 6.45) is 9.75. The van der Waals surface area contributed by atoms with Gasteiger partial charge in [0.05, 0.1) is 11.8 Å². The monoisotopic (exact) mass is 392 g/mol. The summed E-state index contributed by atoms with van der Waals surface area (Å²) in [7, 11) is 0. The molecule has 0 radical (unpaired) electrons. The molecule has 1 saturated carbocycles. The Morgan fingerprint density at radius 1 is 0.897 bits per heavy atom. The molecule has 2 aliphatic carbocycles. The van der Waals surface area contributed by atoms with Crippen LogP contribution in [0.4, 0.5) is 0 Å². The van der Waals surface area contributed by atoms with Crippen molar-refractivity contribution in [3.8, 4) is 0 Å². The first-order valence-corrected chi connectivity index (χ1v) is 11.0. The highest BCUT2D eigenvalue weighted by atomic mass is 16.2. The zero-order valence-corrected chi connectivity index (χ0v) is 16.7. The fraction of sp³-hybridized carbons (Fsp3) is 0.542. The molecule has 2 bridgehead atoms. The topological polar surface area (TPSA) is 57.7 Å². The molecule has 29 heavy (non-hydrogen) atoms. The third-order valence-electron chi connectivity index (χ3n) is 7.29. The number of hydrogen-bond donors (Lipinski definition) is 0. The second-order valence-corrected chi connectivity index (χ2v) is 8.99. The summed E-state index contributed by atoms with van der Waals surface area (Å²) in [4.78, 5) is 43.6. The molecule has 3 fully saturated rings. The van der Waals surface area contributed by atoms with Gasteiger partial charge in [0.15, 0.2) is 0 Å². The van der Waals surface area contributed by atoms with Crippen LogP contribution < -0.4 is 0 Å². The minimum atomic E-state index is -0.722. The van der Waals surface area contributed by atoms with Gasteiger partial charge in [-0.05, 0) is 36.7 Å². The highest BCUT2D eigenvalue weighted by Crippen LogP contribution is 2.53. The summed E-state index contributed by atoms with van der Waals surface area (Å²) in [5, 5.41) is 0. The van der Waals surface area contributed by atoms with Crippen LogP contribution in [0.15, 0.2) is 42.5 Å². The van der Waals surface area contributed by atoms with Crippen molar-refractivity contribution in [2.45, 2.75) is 44.6 Å². The van der Waals surface area contributed by atoms with Gasteiger partial charge >= 0.3 is 0 Å². The van der Waals surface area contributed by atoms with Gasteiger partial charge in [-0.3, -0.25) is 19.3 Å². The Balaban J connectivity index is 1.46. The SMILES string of the molecule is O=C([C@H](Cc1ccccc1)N1C(=O)[C@@H]2[C@H](C1=O)[C@@H]1C=C[C@@H]2C1)N1CCCCCC1. The van der Waals surface area contributed by atoms with Crippen LogP contribution in [0.1, 0.15) is 37.7 Å². The molecule has 3 amide bonds. The molecule has 5 rings (SSSR count). The first-order valence-electron chi connectivity index (χ1n) is 11.0. The Bertz CT molecular complexity index is 811. The van der Waals surface area contributed by atoms with Crippen molar-refractivity contribution < 1.29 is 14.4 Å². The molecular formula is C24H28N2O3. The average molecular weight is 392 g/mol. The van der Waals surface area contributed by atoms with Crippen LogP contribution in [0.2, 0.25) is 0 Å². The third-order valence-corrected chi connectivity index (χ3v) is 7.29. The predicted molar refractivity (Wildman–Crippen MR) is 109 cm³/mol. The first kappa shape index (κ1) is 18.6. The second-order valence-electron chi connectivity index (χ2n) is 8.99. The van der Waals surface area contributed by atoms with Crippen LogP contribution in [0, 0.1) is 23.7 Å². The zero-order chi connectivity index (χ0) is 20.0. The van der Waals surface area contributed by atoms with Crippen LogP contribution in [0.5, 0.6) is 0 Å². The van der Waals surface area contributed by atoms with E-state index in [4.69, 9.17) is 0 Å². The van der Waals surface area contributed by atoms with Crippen molar-refractivity contribution >= 4 is 17.7 Å². The molecule has 2 aliphatic heterocycles. The highest BCUT2D eigenvalue weighted by molar-refractivity contribution is 6.09. The van der Waals surface area contributed by atoms with Gasteiger partial charge in [-0.25, -0.2) is 0 Å². The van der Waals surface area contributed by atoms with E-state index in [1.165, 1.54) is 4.90 Å². The number of allylic oxidation sites excluding steroid dienone is 2. The average Bonchev–Trinajstić information content (AvgIpc) is 3.33. The molecule has 152 valence electrons. The number of likely N-dealkylation sites (tertiary alicyclic amines) is 2. The van der Waals surface area contributed by atoms with Gasteiger partial charge in [0.1, 0.15) is 6.04 Å². The van der Waals surface area contributed by atoms with E-state index in [9.17, 15) is 14.4 Å². The van der Waals surface area contributed by atoms with E-state index in [0.29, 0.717) is 6.42 Å². The minimum Gasteiger partial charge on any atom is -0.341 e.